The zero-order valence-electron chi connectivity index (χ0n) is 14.5. The number of nitrogens with one attached hydrogen (secondary N) is 1. The molecule has 0 radical (unpaired) electrons. The summed E-state index contributed by atoms with van der Waals surface area (Å²) in [6.45, 7) is 1.65. The minimum absolute atomic E-state index is 0.00416. The second-order valence-corrected chi connectivity index (χ2v) is 5.85. The number of rotatable bonds is 5. The molecular weight excluding hydrogens is 350 g/mol. The molecule has 7 nitrogen and oxygen atoms in total. The molecule has 1 heterocycles. The van der Waals surface area contributed by atoms with E-state index in [4.69, 9.17) is 4.74 Å². The maximum absolute atomic E-state index is 14.1. The average molecular weight is 370 g/mol. The topological polar surface area (TPSA) is 84.9 Å². The van der Waals surface area contributed by atoms with E-state index in [1.54, 1.807) is 0 Å². The highest BCUT2D eigenvalue weighted by Crippen LogP contribution is 2.23. The van der Waals surface area contributed by atoms with Gasteiger partial charge in [-0.15, -0.1) is 0 Å². The number of benzene rings is 1. The number of carbonyl (C=O) groups excluding carboxylic acids is 3. The monoisotopic (exact) mass is 370 g/mol. The van der Waals surface area contributed by atoms with Crippen LogP contribution in [0.3, 0.4) is 0 Å². The van der Waals surface area contributed by atoms with Gasteiger partial charge >= 0.3 is 5.97 Å². The lowest BCUT2D eigenvalue weighted by atomic mass is 10.0. The van der Waals surface area contributed by atoms with Crippen molar-refractivity contribution in [2.75, 3.05) is 26.8 Å². The Morgan fingerprint density at radius 1 is 1.38 bits per heavy atom. The molecule has 1 saturated heterocycles. The minimum atomic E-state index is -0.958. The molecular formula is C17H20F2N2O5. The number of carbonyl (C=O) groups is 3. The second kappa shape index (κ2) is 8.70. The van der Waals surface area contributed by atoms with Crippen molar-refractivity contribution in [3.63, 3.8) is 0 Å². The third-order valence-corrected chi connectivity index (χ3v) is 3.98. The van der Waals surface area contributed by atoms with E-state index >= 15 is 0 Å². The zero-order valence-corrected chi connectivity index (χ0v) is 14.5. The third-order valence-electron chi connectivity index (χ3n) is 3.98. The van der Waals surface area contributed by atoms with Crippen LogP contribution in [0.5, 0.6) is 0 Å². The summed E-state index contributed by atoms with van der Waals surface area (Å²) < 4.78 is 37.0. The summed E-state index contributed by atoms with van der Waals surface area (Å²) >= 11 is 0. The lowest BCUT2D eigenvalue weighted by Gasteiger charge is -2.32. The van der Waals surface area contributed by atoms with Crippen LogP contribution in [0.15, 0.2) is 18.2 Å². The fourth-order valence-electron chi connectivity index (χ4n) is 2.72. The van der Waals surface area contributed by atoms with Crippen molar-refractivity contribution in [1.82, 2.24) is 10.2 Å². The van der Waals surface area contributed by atoms with Crippen LogP contribution in [0.25, 0.3) is 0 Å². The van der Waals surface area contributed by atoms with Crippen LogP contribution >= 0.6 is 0 Å². The first kappa shape index (κ1) is 19.8. The normalized spacial score (nSPS) is 18.2. The van der Waals surface area contributed by atoms with Crippen LogP contribution in [-0.2, 0) is 23.9 Å². The van der Waals surface area contributed by atoms with Crippen LogP contribution in [0.4, 0.5) is 8.78 Å². The van der Waals surface area contributed by atoms with Gasteiger partial charge in [0.25, 0.3) is 0 Å². The molecule has 0 spiro atoms. The summed E-state index contributed by atoms with van der Waals surface area (Å²) in [5.41, 5.74) is 0.00715. The predicted molar refractivity (Wildman–Crippen MR) is 85.9 cm³/mol. The molecule has 2 atom stereocenters. The van der Waals surface area contributed by atoms with Crippen LogP contribution in [0.1, 0.15) is 24.9 Å². The molecule has 142 valence electrons. The number of amides is 2. The summed E-state index contributed by atoms with van der Waals surface area (Å²) in [4.78, 5) is 37.0. The van der Waals surface area contributed by atoms with Gasteiger partial charge in [-0.05, 0) is 6.07 Å². The fraction of sp³-hybridized carbons (Fsp3) is 0.471. The van der Waals surface area contributed by atoms with Crippen molar-refractivity contribution in [1.29, 1.82) is 0 Å². The van der Waals surface area contributed by atoms with Crippen molar-refractivity contribution in [2.24, 2.45) is 0 Å². The largest absolute Gasteiger partial charge is 0.467 e. The Morgan fingerprint density at radius 2 is 2.12 bits per heavy atom. The van der Waals surface area contributed by atoms with Gasteiger partial charge in [0, 0.05) is 25.1 Å². The van der Waals surface area contributed by atoms with E-state index in [1.165, 1.54) is 25.0 Å². The van der Waals surface area contributed by atoms with Gasteiger partial charge < -0.3 is 19.7 Å². The number of methoxy groups -OCH3 is 1. The summed E-state index contributed by atoms with van der Waals surface area (Å²) in [6.07, 6.45) is -1.13. The van der Waals surface area contributed by atoms with E-state index in [9.17, 15) is 23.2 Å². The first-order valence-electron chi connectivity index (χ1n) is 8.01. The number of hydrogen-bond acceptors (Lipinski definition) is 5. The number of esters is 1. The average Bonchev–Trinajstić information content (AvgIpc) is 2.60. The Morgan fingerprint density at radius 3 is 2.73 bits per heavy atom. The number of nitrogens with zero attached hydrogens (tertiary/aromatic N) is 1. The van der Waals surface area contributed by atoms with Crippen LogP contribution in [0, 0.1) is 11.6 Å². The van der Waals surface area contributed by atoms with Gasteiger partial charge in [-0.1, -0.05) is 6.07 Å². The van der Waals surface area contributed by atoms with Gasteiger partial charge in [-0.2, -0.15) is 0 Å². The molecule has 0 aromatic heterocycles. The summed E-state index contributed by atoms with van der Waals surface area (Å²) in [5.74, 6) is -3.06. The smallest absolute Gasteiger partial charge is 0.336 e. The fourth-order valence-corrected chi connectivity index (χ4v) is 2.72. The Balaban J connectivity index is 2.13. The van der Waals surface area contributed by atoms with Crippen molar-refractivity contribution >= 4 is 17.8 Å². The first-order valence-corrected chi connectivity index (χ1v) is 8.01. The number of halogens is 2. The molecule has 0 saturated carbocycles. The van der Waals surface area contributed by atoms with Crippen molar-refractivity contribution in [2.45, 2.75) is 25.5 Å². The van der Waals surface area contributed by atoms with Crippen molar-refractivity contribution in [3.05, 3.63) is 35.4 Å². The highest BCUT2D eigenvalue weighted by molar-refractivity contribution is 5.81. The molecule has 1 fully saturated rings. The summed E-state index contributed by atoms with van der Waals surface area (Å²) in [5, 5.41) is 2.50. The first-order chi connectivity index (χ1) is 12.3. The van der Waals surface area contributed by atoms with E-state index in [0.29, 0.717) is 6.07 Å². The number of hydrogen-bond donors (Lipinski definition) is 1. The maximum Gasteiger partial charge on any atom is 0.336 e. The SMILES string of the molecule is COC(=O)[C@H]1CN(C(=O)C[C@H](NC(C)=O)c2ccc(F)cc2F)CCO1. The van der Waals surface area contributed by atoms with Gasteiger partial charge in [-0.3, -0.25) is 9.59 Å². The van der Waals surface area contributed by atoms with E-state index in [-0.39, 0.29) is 31.7 Å². The summed E-state index contributed by atoms with van der Waals surface area (Å²) in [7, 11) is 1.22. The zero-order chi connectivity index (χ0) is 19.3. The predicted octanol–water partition coefficient (Wildman–Crippen LogP) is 0.932. The second-order valence-electron chi connectivity index (χ2n) is 5.85. The van der Waals surface area contributed by atoms with Gasteiger partial charge in [0.1, 0.15) is 11.6 Å². The van der Waals surface area contributed by atoms with E-state index in [1.807, 2.05) is 0 Å². The Bertz CT molecular complexity index is 698. The van der Waals surface area contributed by atoms with Gasteiger partial charge in [0.15, 0.2) is 6.10 Å². The minimum Gasteiger partial charge on any atom is -0.467 e. The molecule has 1 aromatic rings. The Labute approximate surface area is 149 Å². The van der Waals surface area contributed by atoms with Crippen LogP contribution in [-0.4, -0.2) is 55.6 Å². The Hall–Kier alpha value is -2.55. The highest BCUT2D eigenvalue weighted by atomic mass is 19.1. The van der Waals surface area contributed by atoms with Crippen LogP contribution in [0.2, 0.25) is 0 Å². The Kier molecular flexibility index (Phi) is 6.62. The molecule has 0 unspecified atom stereocenters. The molecule has 1 aliphatic heterocycles. The van der Waals surface area contributed by atoms with Crippen LogP contribution < -0.4 is 5.32 Å². The molecule has 26 heavy (non-hydrogen) atoms. The highest BCUT2D eigenvalue weighted by Gasteiger charge is 2.31. The van der Waals surface area contributed by atoms with E-state index in [0.717, 1.165) is 6.07 Å². The lowest BCUT2D eigenvalue weighted by molar-refractivity contribution is -0.162. The number of ether oxygens (including phenoxy) is 2. The van der Waals surface area contributed by atoms with E-state index < -0.39 is 41.6 Å². The van der Waals surface area contributed by atoms with Gasteiger partial charge in [0.05, 0.1) is 32.7 Å². The molecule has 2 rings (SSSR count). The van der Waals surface area contributed by atoms with Gasteiger partial charge in [-0.25, -0.2) is 13.6 Å². The number of morpholine rings is 1. The molecule has 0 aliphatic carbocycles. The molecule has 9 heteroatoms. The molecule has 1 aromatic carbocycles. The standard InChI is InChI=1S/C17H20F2N2O5/c1-10(22)20-14(12-4-3-11(18)7-13(12)19)8-16(23)21-5-6-26-15(9-21)17(24)25-2/h3-4,7,14-15H,5-6,8-9H2,1-2H3,(H,20,22)/t14-,15+/m0/s1. The van der Waals surface area contributed by atoms with Crippen molar-refractivity contribution < 1.29 is 32.6 Å². The lowest BCUT2D eigenvalue weighted by Crippen LogP contribution is -2.49. The maximum atomic E-state index is 14.1. The van der Waals surface area contributed by atoms with Crippen molar-refractivity contribution in [3.8, 4) is 0 Å². The quantitative estimate of drug-likeness (QED) is 0.780. The third kappa shape index (κ3) is 4.98. The summed E-state index contributed by atoms with van der Waals surface area (Å²) in [6, 6.07) is 1.98. The van der Waals surface area contributed by atoms with E-state index in [2.05, 4.69) is 10.1 Å². The molecule has 2 amide bonds. The van der Waals surface area contributed by atoms with Gasteiger partial charge in [0.2, 0.25) is 11.8 Å². The molecule has 1 aliphatic rings. The molecule has 1 N–H and O–H groups in total. The molecule has 0 bridgehead atoms.